The summed E-state index contributed by atoms with van der Waals surface area (Å²) in [6.07, 6.45) is 7.52. The van der Waals surface area contributed by atoms with Crippen molar-refractivity contribution >= 4 is 16.7 Å². The van der Waals surface area contributed by atoms with E-state index in [0.29, 0.717) is 11.6 Å². The van der Waals surface area contributed by atoms with Crippen LogP contribution in [0.1, 0.15) is 19.8 Å². The number of hydrogen-bond acceptors (Lipinski definition) is 4. The minimum atomic E-state index is -0.636. The van der Waals surface area contributed by atoms with Crippen LogP contribution in [0.25, 0.3) is 33.4 Å². The van der Waals surface area contributed by atoms with Crippen LogP contribution in [0.15, 0.2) is 55.0 Å². The van der Waals surface area contributed by atoms with Crippen LogP contribution in [0.4, 0.5) is 14.5 Å². The molecule has 4 aromatic rings. The van der Waals surface area contributed by atoms with Crippen molar-refractivity contribution in [2.24, 2.45) is 0 Å². The minimum absolute atomic E-state index is 0.125. The molecule has 4 rings (SSSR count). The largest absolute Gasteiger partial charge is 0.380 e. The Hall–Kier alpha value is -3.32. The van der Waals surface area contributed by atoms with E-state index in [2.05, 4.69) is 32.5 Å². The van der Waals surface area contributed by atoms with E-state index in [4.69, 9.17) is 0 Å². The Kier molecular flexibility index (Phi) is 6.23. The topological polar surface area (TPSA) is 65.6 Å². The third-order valence-electron chi connectivity index (χ3n) is 5.25. The van der Waals surface area contributed by atoms with E-state index in [1.165, 1.54) is 18.2 Å². The summed E-state index contributed by atoms with van der Waals surface area (Å²) in [7, 11) is 1.94. The molecule has 0 radical (unpaired) electrons. The first-order valence-electron chi connectivity index (χ1n) is 10.4. The summed E-state index contributed by atoms with van der Waals surface area (Å²) in [6, 6.07) is 9.53. The average molecular weight is 421 g/mol. The lowest BCUT2D eigenvalue weighted by Gasteiger charge is -2.19. The molecule has 0 saturated heterocycles. The molecule has 0 spiro atoms. The zero-order chi connectivity index (χ0) is 21.8. The van der Waals surface area contributed by atoms with Gasteiger partial charge in [-0.05, 0) is 43.8 Å². The number of nitrogens with one attached hydrogen (secondary N) is 3. The second kappa shape index (κ2) is 9.22. The van der Waals surface area contributed by atoms with Gasteiger partial charge in [-0.1, -0.05) is 19.4 Å². The number of aromatic nitrogens is 3. The summed E-state index contributed by atoms with van der Waals surface area (Å²) in [6.45, 7) is 3.01. The van der Waals surface area contributed by atoms with Crippen LogP contribution >= 0.6 is 0 Å². The smallest absolute Gasteiger partial charge is 0.135 e. The number of aromatic amines is 1. The van der Waals surface area contributed by atoms with Gasteiger partial charge in [-0.3, -0.25) is 4.98 Å². The summed E-state index contributed by atoms with van der Waals surface area (Å²) in [5.74, 6) is -1.27. The molecule has 0 aliphatic carbocycles. The molecule has 3 heterocycles. The number of rotatable bonds is 8. The van der Waals surface area contributed by atoms with E-state index in [1.807, 2.05) is 19.3 Å². The summed E-state index contributed by atoms with van der Waals surface area (Å²) in [5, 5.41) is 6.74. The zero-order valence-corrected chi connectivity index (χ0v) is 17.5. The van der Waals surface area contributed by atoms with Crippen molar-refractivity contribution < 1.29 is 8.78 Å². The van der Waals surface area contributed by atoms with Gasteiger partial charge in [0.2, 0.25) is 0 Å². The monoisotopic (exact) mass is 421 g/mol. The van der Waals surface area contributed by atoms with Crippen molar-refractivity contribution in [3.05, 3.63) is 66.6 Å². The highest BCUT2D eigenvalue weighted by molar-refractivity contribution is 5.94. The first-order chi connectivity index (χ1) is 15.1. The molecule has 3 aromatic heterocycles. The van der Waals surface area contributed by atoms with Gasteiger partial charge in [-0.15, -0.1) is 0 Å². The number of fused-ring (bicyclic) bond motifs is 1. The molecular formula is C24H25F2N5. The number of anilines is 1. The minimum Gasteiger partial charge on any atom is -0.380 e. The average Bonchev–Trinajstić information content (AvgIpc) is 3.18. The maximum atomic E-state index is 14.3. The molecule has 1 aromatic carbocycles. The van der Waals surface area contributed by atoms with E-state index in [9.17, 15) is 8.78 Å². The summed E-state index contributed by atoms with van der Waals surface area (Å²) >= 11 is 0. The number of likely N-dealkylation sites (N-methyl/N-ethyl adjacent to an activating group) is 1. The lowest BCUT2D eigenvalue weighted by Crippen LogP contribution is -2.30. The van der Waals surface area contributed by atoms with Gasteiger partial charge in [0.05, 0.1) is 28.0 Å². The van der Waals surface area contributed by atoms with Gasteiger partial charge < -0.3 is 15.6 Å². The highest BCUT2D eigenvalue weighted by Gasteiger charge is 2.16. The molecule has 0 fully saturated rings. The lowest BCUT2D eigenvalue weighted by molar-refractivity contribution is 0.589. The fraction of sp³-hybridized carbons (Fsp3) is 0.250. The molecule has 5 nitrogen and oxygen atoms in total. The predicted octanol–water partition coefficient (Wildman–Crippen LogP) is 5.37. The number of benzene rings is 1. The second-order valence-electron chi connectivity index (χ2n) is 7.54. The standard InChI is InChI=1S/C24H25F2N5/c1-3-5-16(12-27-2)30-17-10-15(11-28-13-17)18-14-29-22-9-8-21(31-24(18)22)23-19(25)6-4-7-20(23)26/h4,6-11,13-14,16,27,29-30H,3,5,12H2,1-2H3. The van der Waals surface area contributed by atoms with Gasteiger partial charge in [0.1, 0.15) is 11.6 Å². The molecule has 7 heteroatoms. The highest BCUT2D eigenvalue weighted by Crippen LogP contribution is 2.32. The third kappa shape index (κ3) is 4.41. The normalized spacial score (nSPS) is 12.3. The van der Waals surface area contributed by atoms with Crippen molar-refractivity contribution in [1.82, 2.24) is 20.3 Å². The predicted molar refractivity (Wildman–Crippen MR) is 121 cm³/mol. The number of hydrogen-bond donors (Lipinski definition) is 3. The Morgan fingerprint density at radius 3 is 2.65 bits per heavy atom. The van der Waals surface area contributed by atoms with Crippen LogP contribution in [0.3, 0.4) is 0 Å². The maximum absolute atomic E-state index is 14.3. The summed E-state index contributed by atoms with van der Waals surface area (Å²) < 4.78 is 28.5. The Bertz CT molecular complexity index is 1160. The third-order valence-corrected chi connectivity index (χ3v) is 5.25. The summed E-state index contributed by atoms with van der Waals surface area (Å²) in [4.78, 5) is 12.2. The van der Waals surface area contributed by atoms with Crippen LogP contribution in [0.2, 0.25) is 0 Å². The van der Waals surface area contributed by atoms with Gasteiger partial charge in [0.15, 0.2) is 0 Å². The van der Waals surface area contributed by atoms with Crippen molar-refractivity contribution in [1.29, 1.82) is 0 Å². The molecular weight excluding hydrogens is 396 g/mol. The first kappa shape index (κ1) is 20.9. The number of H-pyrrole nitrogens is 1. The summed E-state index contributed by atoms with van der Waals surface area (Å²) in [5.41, 5.74) is 4.16. The van der Waals surface area contributed by atoms with Crippen LogP contribution < -0.4 is 10.6 Å². The van der Waals surface area contributed by atoms with Crippen molar-refractivity contribution in [3.8, 4) is 22.4 Å². The molecule has 0 aliphatic heterocycles. The van der Waals surface area contributed by atoms with Crippen molar-refractivity contribution in [2.45, 2.75) is 25.8 Å². The Morgan fingerprint density at radius 1 is 1.10 bits per heavy atom. The van der Waals surface area contributed by atoms with Gasteiger partial charge >= 0.3 is 0 Å². The first-order valence-corrected chi connectivity index (χ1v) is 10.4. The van der Waals surface area contributed by atoms with Crippen LogP contribution in [-0.2, 0) is 0 Å². The Balaban J connectivity index is 1.72. The van der Waals surface area contributed by atoms with E-state index < -0.39 is 11.6 Å². The Labute approximate surface area is 179 Å². The number of nitrogens with zero attached hydrogens (tertiary/aromatic N) is 2. The molecule has 31 heavy (non-hydrogen) atoms. The quantitative estimate of drug-likeness (QED) is 0.358. The van der Waals surface area contributed by atoms with Gasteiger partial charge in [-0.25, -0.2) is 13.8 Å². The fourth-order valence-corrected chi connectivity index (χ4v) is 3.82. The van der Waals surface area contributed by atoms with Crippen molar-refractivity contribution in [2.75, 3.05) is 18.9 Å². The molecule has 160 valence electrons. The fourth-order valence-electron chi connectivity index (χ4n) is 3.82. The van der Waals surface area contributed by atoms with Crippen LogP contribution in [-0.4, -0.2) is 34.6 Å². The molecule has 1 atom stereocenters. The maximum Gasteiger partial charge on any atom is 0.135 e. The molecule has 0 amide bonds. The number of halogens is 2. The lowest BCUT2D eigenvalue weighted by atomic mass is 10.1. The Morgan fingerprint density at radius 2 is 1.90 bits per heavy atom. The SMILES string of the molecule is CCCC(CNC)Nc1cncc(-c2c[nH]c3ccc(-c4c(F)cccc4F)nc23)c1. The van der Waals surface area contributed by atoms with E-state index in [0.717, 1.165) is 41.7 Å². The van der Waals surface area contributed by atoms with Gasteiger partial charge in [0, 0.05) is 42.3 Å². The number of pyridine rings is 2. The highest BCUT2D eigenvalue weighted by atomic mass is 19.1. The van der Waals surface area contributed by atoms with Gasteiger partial charge in [0.25, 0.3) is 0 Å². The zero-order valence-electron chi connectivity index (χ0n) is 17.5. The second-order valence-corrected chi connectivity index (χ2v) is 7.54. The molecule has 0 saturated carbocycles. The van der Waals surface area contributed by atoms with Crippen LogP contribution in [0, 0.1) is 11.6 Å². The van der Waals surface area contributed by atoms with E-state index in [1.54, 1.807) is 24.5 Å². The van der Waals surface area contributed by atoms with Crippen molar-refractivity contribution in [3.63, 3.8) is 0 Å². The molecule has 3 N–H and O–H groups in total. The molecule has 0 bridgehead atoms. The van der Waals surface area contributed by atoms with E-state index >= 15 is 0 Å². The van der Waals surface area contributed by atoms with Gasteiger partial charge in [-0.2, -0.15) is 0 Å². The van der Waals surface area contributed by atoms with E-state index in [-0.39, 0.29) is 11.3 Å². The molecule has 0 aliphatic rings. The van der Waals surface area contributed by atoms with Crippen LogP contribution in [0.5, 0.6) is 0 Å². The molecule has 1 unspecified atom stereocenters.